The van der Waals surface area contributed by atoms with Crippen molar-refractivity contribution in [3.8, 4) is 28.3 Å². The maximum Gasteiger partial charge on any atom is 0.236 e. The van der Waals surface area contributed by atoms with E-state index in [-0.39, 0.29) is 5.75 Å². The predicted octanol–water partition coefficient (Wildman–Crippen LogP) is 2.07. The number of phenols is 1. The zero-order valence-electron chi connectivity index (χ0n) is 11.4. The van der Waals surface area contributed by atoms with E-state index in [9.17, 15) is 5.11 Å². The lowest BCUT2D eigenvalue weighted by molar-refractivity contribution is 0.477. The zero-order valence-corrected chi connectivity index (χ0v) is 11.4. The fourth-order valence-corrected chi connectivity index (χ4v) is 2.36. The largest absolute Gasteiger partial charge is 0.507 e. The fraction of sp³-hybridized carbons (Fsp3) is 0. The molecular weight excluding hydrogens is 280 g/mol. The minimum absolute atomic E-state index is 0.173. The van der Waals surface area contributed by atoms with Gasteiger partial charge in [-0.1, -0.05) is 12.1 Å². The molecule has 1 aromatic carbocycles. The Hall–Kier alpha value is -3.35. The molecule has 0 radical (unpaired) electrons. The molecule has 4 aromatic rings. The van der Waals surface area contributed by atoms with E-state index in [2.05, 4.69) is 19.9 Å². The van der Waals surface area contributed by atoms with Crippen LogP contribution >= 0.6 is 0 Å². The number of phenolic OH excluding ortho intramolecular Hbond substituents is 1. The third-order valence-electron chi connectivity index (χ3n) is 3.43. The number of nitrogen functional groups attached to an aromatic ring is 1. The van der Waals surface area contributed by atoms with Gasteiger partial charge in [-0.25, -0.2) is 9.97 Å². The maximum atomic E-state index is 9.94. The number of H-pyrrole nitrogens is 1. The zero-order chi connectivity index (χ0) is 15.1. The monoisotopic (exact) mass is 292 g/mol. The van der Waals surface area contributed by atoms with E-state index >= 15 is 0 Å². The third-order valence-corrected chi connectivity index (χ3v) is 3.43. The van der Waals surface area contributed by atoms with Gasteiger partial charge in [-0.3, -0.25) is 4.40 Å². The number of hydrogen-bond acceptors (Lipinski definition) is 5. The number of nitrogens with two attached hydrogens (primary N) is 1. The third kappa shape index (κ3) is 1.87. The van der Waals surface area contributed by atoms with Crippen molar-refractivity contribution in [1.29, 1.82) is 0 Å². The normalized spacial score (nSPS) is 11.1. The van der Waals surface area contributed by atoms with Crippen LogP contribution in [0.4, 0.5) is 5.82 Å². The number of rotatable bonds is 2. The van der Waals surface area contributed by atoms with Gasteiger partial charge in [0, 0.05) is 24.2 Å². The molecule has 3 aromatic heterocycles. The van der Waals surface area contributed by atoms with Crippen molar-refractivity contribution in [1.82, 2.24) is 24.3 Å². The van der Waals surface area contributed by atoms with Crippen LogP contribution in [0.15, 0.2) is 49.2 Å². The molecule has 0 saturated heterocycles. The molecule has 0 aliphatic heterocycles. The molecule has 7 heteroatoms. The van der Waals surface area contributed by atoms with Gasteiger partial charge in [0.15, 0.2) is 0 Å². The summed E-state index contributed by atoms with van der Waals surface area (Å²) in [5.74, 6) is 0.996. The van der Waals surface area contributed by atoms with E-state index in [1.54, 1.807) is 41.3 Å². The van der Waals surface area contributed by atoms with Crippen LogP contribution in [-0.2, 0) is 0 Å². The van der Waals surface area contributed by atoms with Gasteiger partial charge in [0.25, 0.3) is 0 Å². The van der Waals surface area contributed by atoms with Crippen molar-refractivity contribution in [3.63, 3.8) is 0 Å². The topological polar surface area (TPSA) is 105 Å². The molecule has 0 amide bonds. The molecule has 108 valence electrons. The number of fused-ring (bicyclic) bond motifs is 1. The molecule has 4 rings (SSSR count). The summed E-state index contributed by atoms with van der Waals surface area (Å²) >= 11 is 0. The Morgan fingerprint density at radius 2 is 1.91 bits per heavy atom. The second-order valence-corrected chi connectivity index (χ2v) is 4.84. The summed E-state index contributed by atoms with van der Waals surface area (Å²) in [6.45, 7) is 0. The van der Waals surface area contributed by atoms with Crippen LogP contribution in [0.2, 0.25) is 0 Å². The van der Waals surface area contributed by atoms with Crippen molar-refractivity contribution in [2.45, 2.75) is 0 Å². The van der Waals surface area contributed by atoms with Crippen LogP contribution in [0, 0.1) is 0 Å². The lowest BCUT2D eigenvalue weighted by atomic mass is 10.1. The number of benzene rings is 1. The lowest BCUT2D eigenvalue weighted by Crippen LogP contribution is -1.98. The molecule has 4 N–H and O–H groups in total. The summed E-state index contributed by atoms with van der Waals surface area (Å²) in [6.07, 6.45) is 6.96. The molecular formula is C15H12N6O. The molecule has 0 unspecified atom stereocenters. The summed E-state index contributed by atoms with van der Waals surface area (Å²) < 4.78 is 1.77. The van der Waals surface area contributed by atoms with Gasteiger partial charge in [0.2, 0.25) is 5.78 Å². The Bertz CT molecular complexity index is 958. The average Bonchev–Trinajstić information content (AvgIpc) is 3.15. The van der Waals surface area contributed by atoms with Crippen LogP contribution in [0.5, 0.6) is 5.75 Å². The van der Waals surface area contributed by atoms with E-state index in [1.165, 1.54) is 0 Å². The number of aromatic amines is 1. The lowest BCUT2D eigenvalue weighted by Gasteiger charge is -2.02. The van der Waals surface area contributed by atoms with Gasteiger partial charge in [-0.05, 0) is 12.1 Å². The average molecular weight is 292 g/mol. The van der Waals surface area contributed by atoms with Gasteiger partial charge in [-0.2, -0.15) is 4.98 Å². The van der Waals surface area contributed by atoms with Crippen LogP contribution < -0.4 is 5.73 Å². The standard InChI is InChI=1S/C15H12N6O/c16-14-10(11-5-17-8-18-11)6-21-7-12(19-15(21)20-14)9-3-1-2-4-13(9)22/h1-8,22H,(H,17,18)(H2,16,19,20). The van der Waals surface area contributed by atoms with E-state index in [0.29, 0.717) is 28.5 Å². The van der Waals surface area contributed by atoms with E-state index < -0.39 is 0 Å². The molecule has 0 bridgehead atoms. The maximum absolute atomic E-state index is 9.94. The van der Waals surface area contributed by atoms with Crippen molar-refractivity contribution >= 4 is 11.6 Å². The van der Waals surface area contributed by atoms with Gasteiger partial charge in [0.1, 0.15) is 11.6 Å². The van der Waals surface area contributed by atoms with E-state index in [4.69, 9.17) is 5.73 Å². The molecule has 22 heavy (non-hydrogen) atoms. The Morgan fingerprint density at radius 1 is 1.05 bits per heavy atom. The molecule has 0 spiro atoms. The number of nitrogens with zero attached hydrogens (tertiary/aromatic N) is 4. The van der Waals surface area contributed by atoms with Gasteiger partial charge >= 0.3 is 0 Å². The minimum Gasteiger partial charge on any atom is -0.507 e. The Morgan fingerprint density at radius 3 is 2.68 bits per heavy atom. The van der Waals surface area contributed by atoms with E-state index in [0.717, 1.165) is 5.56 Å². The van der Waals surface area contributed by atoms with Crippen molar-refractivity contribution in [3.05, 3.63) is 49.2 Å². The molecule has 0 aliphatic rings. The number of aromatic nitrogens is 5. The molecule has 3 heterocycles. The molecule has 0 saturated carbocycles. The quantitative estimate of drug-likeness (QED) is 0.524. The van der Waals surface area contributed by atoms with Crippen molar-refractivity contribution in [2.75, 3.05) is 5.73 Å². The first-order valence-electron chi connectivity index (χ1n) is 6.65. The number of imidazole rings is 2. The highest BCUT2D eigenvalue weighted by Gasteiger charge is 2.13. The summed E-state index contributed by atoms with van der Waals surface area (Å²) in [4.78, 5) is 15.8. The minimum atomic E-state index is 0.173. The summed E-state index contributed by atoms with van der Waals surface area (Å²) in [6, 6.07) is 7.03. The highest BCUT2D eigenvalue weighted by Crippen LogP contribution is 2.29. The highest BCUT2D eigenvalue weighted by molar-refractivity contribution is 5.73. The van der Waals surface area contributed by atoms with Crippen LogP contribution in [0.3, 0.4) is 0 Å². The molecule has 0 fully saturated rings. The number of para-hydroxylation sites is 1. The molecule has 0 aliphatic carbocycles. The number of hydrogen-bond donors (Lipinski definition) is 3. The van der Waals surface area contributed by atoms with Gasteiger partial charge in [0.05, 0.1) is 23.3 Å². The van der Waals surface area contributed by atoms with E-state index in [1.807, 2.05) is 12.3 Å². The summed E-state index contributed by atoms with van der Waals surface area (Å²) in [5, 5.41) is 9.94. The number of nitrogens with one attached hydrogen (secondary N) is 1. The number of anilines is 1. The molecule has 7 nitrogen and oxygen atoms in total. The van der Waals surface area contributed by atoms with Crippen molar-refractivity contribution in [2.24, 2.45) is 0 Å². The van der Waals surface area contributed by atoms with Gasteiger partial charge < -0.3 is 15.8 Å². The second kappa shape index (κ2) is 4.59. The van der Waals surface area contributed by atoms with Crippen LogP contribution in [0.1, 0.15) is 0 Å². The summed E-state index contributed by atoms with van der Waals surface area (Å²) in [5.41, 5.74) is 8.69. The first-order chi connectivity index (χ1) is 10.7. The van der Waals surface area contributed by atoms with Crippen LogP contribution in [-0.4, -0.2) is 29.4 Å². The molecule has 0 atom stereocenters. The van der Waals surface area contributed by atoms with Crippen molar-refractivity contribution < 1.29 is 5.11 Å². The smallest absolute Gasteiger partial charge is 0.236 e. The fourth-order valence-electron chi connectivity index (χ4n) is 2.36. The SMILES string of the molecule is Nc1nc2nc(-c3ccccc3O)cn2cc1-c1c[nH]cn1. The first-order valence-corrected chi connectivity index (χ1v) is 6.65. The second-order valence-electron chi connectivity index (χ2n) is 4.84. The van der Waals surface area contributed by atoms with Gasteiger partial charge in [-0.15, -0.1) is 0 Å². The number of aromatic hydroxyl groups is 1. The Balaban J connectivity index is 1.90. The summed E-state index contributed by atoms with van der Waals surface area (Å²) in [7, 11) is 0. The van der Waals surface area contributed by atoms with Crippen LogP contribution in [0.25, 0.3) is 28.3 Å². The predicted molar refractivity (Wildman–Crippen MR) is 82.1 cm³/mol. The Kier molecular flexibility index (Phi) is 2.59. The highest BCUT2D eigenvalue weighted by atomic mass is 16.3. The Labute approximate surface area is 125 Å². The first kappa shape index (κ1) is 12.4.